The minimum absolute atomic E-state index is 0. The fraction of sp³-hybridized carbons (Fsp3) is 0.882. The Hall–Kier alpha value is -0.133. The first-order chi connectivity index (χ1) is 9.54. The van der Waals surface area contributed by atoms with Crippen molar-refractivity contribution in [3.8, 4) is 0 Å². The molecule has 0 amide bonds. The number of carbonyl (C=O) groups is 1. The summed E-state index contributed by atoms with van der Waals surface area (Å²) < 4.78 is 0. The molecule has 122 valence electrons. The van der Waals surface area contributed by atoms with Crippen LogP contribution in [0.3, 0.4) is 0 Å². The van der Waals surface area contributed by atoms with Crippen molar-refractivity contribution in [1.29, 1.82) is 0 Å². The van der Waals surface area contributed by atoms with E-state index in [2.05, 4.69) is 20.8 Å². The Morgan fingerprint density at radius 3 is 1.48 bits per heavy atom. The molecule has 0 fully saturated rings. The van der Waals surface area contributed by atoms with Gasteiger partial charge in [-0.3, -0.25) is 0 Å². The summed E-state index contributed by atoms with van der Waals surface area (Å²) in [6.07, 6.45) is 14.9. The van der Waals surface area contributed by atoms with Crippen LogP contribution in [0.2, 0.25) is 0 Å². The van der Waals surface area contributed by atoms with E-state index >= 15 is 0 Å². The van der Waals surface area contributed by atoms with Gasteiger partial charge >= 0.3 is 25.0 Å². The molecule has 4 heteroatoms. The molecular formula is C17H35LiO3. The largest absolute Gasteiger partial charge is 1.00 e. The van der Waals surface area contributed by atoms with E-state index in [4.69, 9.17) is 15.0 Å². The summed E-state index contributed by atoms with van der Waals surface area (Å²) in [5, 5.41) is 13.9. The third-order valence-electron chi connectivity index (χ3n) is 3.43. The molecule has 0 aromatic carbocycles. The van der Waals surface area contributed by atoms with Crippen LogP contribution in [-0.2, 0) is 0 Å². The zero-order chi connectivity index (χ0) is 15.6. The maximum atomic E-state index is 8.56. The van der Waals surface area contributed by atoms with Crippen LogP contribution in [0.5, 0.6) is 0 Å². The van der Waals surface area contributed by atoms with Crippen LogP contribution in [0.15, 0.2) is 0 Å². The average Bonchev–Trinajstić information content (AvgIpc) is 2.38. The van der Waals surface area contributed by atoms with Gasteiger partial charge in [-0.1, -0.05) is 90.9 Å². The summed E-state index contributed by atoms with van der Waals surface area (Å²) in [7, 11) is 0. The van der Waals surface area contributed by atoms with Crippen LogP contribution in [0.4, 0.5) is 4.79 Å². The molecule has 0 saturated carbocycles. The third-order valence-corrected chi connectivity index (χ3v) is 3.43. The number of hydrogen-bond donors (Lipinski definition) is 2. The van der Waals surface area contributed by atoms with Gasteiger partial charge in [0.25, 0.3) is 0 Å². The monoisotopic (exact) mass is 294 g/mol. The minimum Gasteiger partial charge on any atom is -0.450 e. The first-order valence-electron chi connectivity index (χ1n) is 8.29. The van der Waals surface area contributed by atoms with Gasteiger partial charge in [0.2, 0.25) is 0 Å². The predicted molar refractivity (Wildman–Crippen MR) is 86.3 cm³/mol. The van der Waals surface area contributed by atoms with Crippen LogP contribution in [0.25, 0.3) is 0 Å². The van der Waals surface area contributed by atoms with E-state index in [0.29, 0.717) is 0 Å². The Kier molecular flexibility index (Phi) is 27.2. The number of hydrogen-bond acceptors (Lipinski definition) is 1. The summed E-state index contributed by atoms with van der Waals surface area (Å²) in [6.45, 7) is 8.83. The van der Waals surface area contributed by atoms with Crippen molar-refractivity contribution < 1.29 is 33.9 Å². The second-order valence-electron chi connectivity index (χ2n) is 5.55. The smallest absolute Gasteiger partial charge is 0.450 e. The van der Waals surface area contributed by atoms with Gasteiger partial charge in [0.05, 0.1) is 0 Å². The van der Waals surface area contributed by atoms with E-state index in [1.54, 1.807) is 0 Å². The zero-order valence-corrected chi connectivity index (χ0v) is 14.6. The second-order valence-corrected chi connectivity index (χ2v) is 5.55. The van der Waals surface area contributed by atoms with Crippen LogP contribution < -0.4 is 18.9 Å². The molecule has 0 radical (unpaired) electrons. The van der Waals surface area contributed by atoms with E-state index in [9.17, 15) is 0 Å². The van der Waals surface area contributed by atoms with Gasteiger partial charge in [0, 0.05) is 0 Å². The average molecular weight is 294 g/mol. The molecule has 1 unspecified atom stereocenters. The molecule has 0 aliphatic heterocycles. The number of rotatable bonds is 12. The molecule has 2 N–H and O–H groups in total. The first kappa shape index (κ1) is 25.8. The fourth-order valence-corrected chi connectivity index (χ4v) is 2.22. The van der Waals surface area contributed by atoms with Crippen LogP contribution >= 0.6 is 0 Å². The van der Waals surface area contributed by atoms with Gasteiger partial charge in [-0.25, -0.2) is 4.79 Å². The molecule has 0 aliphatic carbocycles. The van der Waals surface area contributed by atoms with E-state index in [-0.39, 0.29) is 18.9 Å². The van der Waals surface area contributed by atoms with Crippen molar-refractivity contribution in [2.24, 2.45) is 5.92 Å². The molecule has 0 aliphatic rings. The normalized spacial score (nSPS) is 11.0. The summed E-state index contributed by atoms with van der Waals surface area (Å²) >= 11 is 0. The molecule has 1 atom stereocenters. The van der Waals surface area contributed by atoms with E-state index < -0.39 is 6.16 Å². The molecular weight excluding hydrogens is 259 g/mol. The molecule has 0 saturated heterocycles. The Morgan fingerprint density at radius 1 is 0.810 bits per heavy atom. The summed E-state index contributed by atoms with van der Waals surface area (Å²) in [6, 6.07) is 0. The molecule has 0 spiro atoms. The van der Waals surface area contributed by atoms with Crippen molar-refractivity contribution >= 4 is 6.16 Å². The van der Waals surface area contributed by atoms with Gasteiger partial charge in [-0.05, 0) is 0 Å². The SMILES string of the molecule is O=C(O)O.[CH2-]C(CCCCCC)CCCCCCCC.[Li+]. The summed E-state index contributed by atoms with van der Waals surface area (Å²) in [5.74, 6) is 0.725. The Balaban J connectivity index is -0.000000572. The van der Waals surface area contributed by atoms with Gasteiger partial charge in [-0.15, -0.1) is 0 Å². The van der Waals surface area contributed by atoms with Crippen LogP contribution in [0, 0.1) is 12.8 Å². The maximum Gasteiger partial charge on any atom is 1.00 e. The van der Waals surface area contributed by atoms with Crippen molar-refractivity contribution in [3.63, 3.8) is 0 Å². The molecule has 0 rings (SSSR count). The van der Waals surface area contributed by atoms with Gasteiger partial charge in [-0.2, -0.15) is 5.92 Å². The fourth-order valence-electron chi connectivity index (χ4n) is 2.22. The van der Waals surface area contributed by atoms with Crippen molar-refractivity contribution in [3.05, 3.63) is 6.92 Å². The van der Waals surface area contributed by atoms with E-state index in [0.717, 1.165) is 5.92 Å². The molecule has 21 heavy (non-hydrogen) atoms. The van der Waals surface area contributed by atoms with Crippen molar-refractivity contribution in [2.45, 2.75) is 90.9 Å². The van der Waals surface area contributed by atoms with Gasteiger partial charge in [0.15, 0.2) is 0 Å². The molecule has 3 nitrogen and oxygen atoms in total. The summed E-state index contributed by atoms with van der Waals surface area (Å²) in [4.78, 5) is 8.56. The Labute approximate surface area is 144 Å². The second kappa shape index (κ2) is 22.2. The minimum atomic E-state index is -1.83. The molecule has 0 aromatic rings. The zero-order valence-electron chi connectivity index (χ0n) is 14.6. The van der Waals surface area contributed by atoms with E-state index in [1.165, 1.54) is 77.0 Å². The maximum absolute atomic E-state index is 8.56. The van der Waals surface area contributed by atoms with E-state index in [1.807, 2.05) is 0 Å². The third kappa shape index (κ3) is 33.0. The van der Waals surface area contributed by atoms with Gasteiger partial charge in [0.1, 0.15) is 0 Å². The van der Waals surface area contributed by atoms with Crippen LogP contribution in [-0.4, -0.2) is 16.4 Å². The topological polar surface area (TPSA) is 57.5 Å². The van der Waals surface area contributed by atoms with Crippen molar-refractivity contribution in [2.75, 3.05) is 0 Å². The molecule has 0 bridgehead atoms. The quantitative estimate of drug-likeness (QED) is 0.329. The summed E-state index contributed by atoms with van der Waals surface area (Å²) in [5.41, 5.74) is 0. The van der Waals surface area contributed by atoms with Crippen molar-refractivity contribution in [1.82, 2.24) is 0 Å². The van der Waals surface area contributed by atoms with Crippen LogP contribution in [0.1, 0.15) is 90.9 Å². The Morgan fingerprint density at radius 2 is 1.10 bits per heavy atom. The first-order valence-corrected chi connectivity index (χ1v) is 8.29. The Bertz CT molecular complexity index is 194. The molecule has 0 heterocycles. The number of unbranched alkanes of at least 4 members (excludes halogenated alkanes) is 8. The molecule has 0 aromatic heterocycles. The standard InChI is InChI=1S/C16H33.CH2O3.Li/c1-4-6-8-10-11-13-15-16(3)14-12-9-7-5-2;2-1(3)4;/h16H,3-15H2,1-2H3;(H2,2,3,4);/q-1;;+1. The van der Waals surface area contributed by atoms with Gasteiger partial charge < -0.3 is 17.1 Å². The predicted octanol–water partition coefficient (Wildman–Crippen LogP) is 3.38. The number of carboxylic acid groups (broad SMARTS) is 2.